The van der Waals surface area contributed by atoms with Crippen LogP contribution in [0.3, 0.4) is 0 Å². The molecule has 1 N–H and O–H groups in total. The van der Waals surface area contributed by atoms with Crippen molar-refractivity contribution in [3.05, 3.63) is 70.5 Å². The Morgan fingerprint density at radius 3 is 2.65 bits per heavy atom. The maximum absolute atomic E-state index is 13.5. The summed E-state index contributed by atoms with van der Waals surface area (Å²) < 4.78 is 13.5. The number of aryl methyl sites for hydroxylation is 2. The molecular weight excluding hydrogens is 249 g/mol. The number of nitrogens with one attached hydrogen (secondary N) is 1. The van der Waals surface area contributed by atoms with E-state index in [0.29, 0.717) is 0 Å². The predicted octanol–water partition coefficient (Wildman–Crippen LogP) is 4.01. The second kappa shape index (κ2) is 5.76. The summed E-state index contributed by atoms with van der Waals surface area (Å²) in [5.74, 6) is -0.174. The zero-order chi connectivity index (χ0) is 13.9. The zero-order valence-electron chi connectivity index (χ0n) is 11.8. The Labute approximate surface area is 119 Å². The molecule has 2 aromatic carbocycles. The number of rotatable bonds is 4. The molecule has 0 aliphatic heterocycles. The summed E-state index contributed by atoms with van der Waals surface area (Å²) in [6.45, 7) is 2.94. The molecule has 0 spiro atoms. The molecule has 104 valence electrons. The Morgan fingerprint density at radius 1 is 1.05 bits per heavy atom. The van der Waals surface area contributed by atoms with E-state index in [1.165, 1.54) is 42.0 Å². The summed E-state index contributed by atoms with van der Waals surface area (Å²) in [7, 11) is 0. The van der Waals surface area contributed by atoms with Crippen molar-refractivity contribution in [2.75, 3.05) is 6.54 Å². The topological polar surface area (TPSA) is 12.0 Å². The highest BCUT2D eigenvalue weighted by Crippen LogP contribution is 2.28. The van der Waals surface area contributed by atoms with Crippen LogP contribution in [0.5, 0.6) is 0 Å². The smallest absolute Gasteiger partial charge is 0.123 e. The molecule has 2 aromatic rings. The second-order valence-electron chi connectivity index (χ2n) is 5.43. The molecule has 3 rings (SSSR count). The van der Waals surface area contributed by atoms with Gasteiger partial charge in [-0.3, -0.25) is 0 Å². The SMILES string of the molecule is CCNC(c1cccc(F)c1)c1ccc2c(c1)CCC2. The van der Waals surface area contributed by atoms with Crippen LogP contribution in [0.4, 0.5) is 4.39 Å². The third-order valence-corrected chi connectivity index (χ3v) is 4.05. The maximum atomic E-state index is 13.5. The molecule has 20 heavy (non-hydrogen) atoms. The van der Waals surface area contributed by atoms with Crippen molar-refractivity contribution < 1.29 is 4.39 Å². The summed E-state index contributed by atoms with van der Waals surface area (Å²) in [5, 5.41) is 3.47. The molecular formula is C18H20FN. The van der Waals surface area contributed by atoms with E-state index in [0.717, 1.165) is 12.1 Å². The lowest BCUT2D eigenvalue weighted by molar-refractivity contribution is 0.603. The Bertz CT molecular complexity index is 606. The first-order valence-corrected chi connectivity index (χ1v) is 7.38. The number of hydrogen-bond donors (Lipinski definition) is 1. The summed E-state index contributed by atoms with van der Waals surface area (Å²) in [6, 6.07) is 13.7. The van der Waals surface area contributed by atoms with Crippen molar-refractivity contribution in [2.24, 2.45) is 0 Å². The minimum atomic E-state index is -0.174. The predicted molar refractivity (Wildman–Crippen MR) is 80.4 cm³/mol. The summed E-state index contributed by atoms with van der Waals surface area (Å²) in [4.78, 5) is 0. The van der Waals surface area contributed by atoms with Gasteiger partial charge in [-0.15, -0.1) is 0 Å². The lowest BCUT2D eigenvalue weighted by atomic mass is 9.95. The molecule has 1 aliphatic rings. The van der Waals surface area contributed by atoms with Crippen molar-refractivity contribution >= 4 is 0 Å². The highest BCUT2D eigenvalue weighted by molar-refractivity contribution is 5.40. The van der Waals surface area contributed by atoms with E-state index in [-0.39, 0.29) is 11.9 Å². The van der Waals surface area contributed by atoms with Gasteiger partial charge in [-0.05, 0) is 60.2 Å². The highest BCUT2D eigenvalue weighted by atomic mass is 19.1. The zero-order valence-corrected chi connectivity index (χ0v) is 11.8. The average Bonchev–Trinajstić information content (AvgIpc) is 2.92. The standard InChI is InChI=1S/C18H20FN/c1-2-20-18(15-7-4-8-17(19)12-15)16-10-9-13-5-3-6-14(13)11-16/h4,7-12,18,20H,2-3,5-6H2,1H3. The van der Waals surface area contributed by atoms with Gasteiger partial charge in [0.25, 0.3) is 0 Å². The monoisotopic (exact) mass is 269 g/mol. The van der Waals surface area contributed by atoms with E-state index in [1.807, 2.05) is 6.07 Å². The van der Waals surface area contributed by atoms with Gasteiger partial charge >= 0.3 is 0 Å². The average molecular weight is 269 g/mol. The molecule has 0 aromatic heterocycles. The van der Waals surface area contributed by atoms with Gasteiger partial charge in [-0.2, -0.15) is 0 Å². The van der Waals surface area contributed by atoms with Crippen LogP contribution in [0.25, 0.3) is 0 Å². The van der Waals surface area contributed by atoms with E-state index in [1.54, 1.807) is 12.1 Å². The first kappa shape index (κ1) is 13.3. The van der Waals surface area contributed by atoms with Crippen LogP contribution >= 0.6 is 0 Å². The van der Waals surface area contributed by atoms with E-state index in [4.69, 9.17) is 0 Å². The van der Waals surface area contributed by atoms with E-state index in [2.05, 4.69) is 30.4 Å². The molecule has 0 saturated carbocycles. The van der Waals surface area contributed by atoms with Crippen molar-refractivity contribution in [3.8, 4) is 0 Å². The molecule has 0 radical (unpaired) electrons. The molecule has 1 unspecified atom stereocenters. The molecule has 1 atom stereocenters. The number of halogens is 1. The Hall–Kier alpha value is -1.67. The molecule has 0 amide bonds. The largest absolute Gasteiger partial charge is 0.307 e. The lowest BCUT2D eigenvalue weighted by Crippen LogP contribution is -2.22. The second-order valence-corrected chi connectivity index (χ2v) is 5.43. The summed E-state index contributed by atoms with van der Waals surface area (Å²) in [6.07, 6.45) is 3.62. The van der Waals surface area contributed by atoms with Gasteiger partial charge < -0.3 is 5.32 Å². The third kappa shape index (κ3) is 2.61. The van der Waals surface area contributed by atoms with Gasteiger partial charge in [-0.1, -0.05) is 37.3 Å². The fraction of sp³-hybridized carbons (Fsp3) is 0.333. The number of hydrogen-bond acceptors (Lipinski definition) is 1. The molecule has 0 fully saturated rings. The quantitative estimate of drug-likeness (QED) is 0.884. The Balaban J connectivity index is 1.98. The maximum Gasteiger partial charge on any atom is 0.123 e. The van der Waals surface area contributed by atoms with Crippen molar-refractivity contribution in [3.63, 3.8) is 0 Å². The van der Waals surface area contributed by atoms with Crippen LogP contribution in [0.1, 0.15) is 41.6 Å². The van der Waals surface area contributed by atoms with Gasteiger partial charge in [0.2, 0.25) is 0 Å². The van der Waals surface area contributed by atoms with Gasteiger partial charge in [-0.25, -0.2) is 4.39 Å². The van der Waals surface area contributed by atoms with Crippen LogP contribution in [0, 0.1) is 5.82 Å². The first-order valence-electron chi connectivity index (χ1n) is 7.38. The third-order valence-electron chi connectivity index (χ3n) is 4.05. The van der Waals surface area contributed by atoms with Crippen molar-refractivity contribution in [1.82, 2.24) is 5.32 Å². The molecule has 1 aliphatic carbocycles. The van der Waals surface area contributed by atoms with Crippen LogP contribution in [0.15, 0.2) is 42.5 Å². The van der Waals surface area contributed by atoms with Gasteiger partial charge in [0.05, 0.1) is 6.04 Å². The molecule has 0 saturated heterocycles. The van der Waals surface area contributed by atoms with Gasteiger partial charge in [0, 0.05) is 0 Å². The highest BCUT2D eigenvalue weighted by Gasteiger charge is 2.17. The van der Waals surface area contributed by atoms with Crippen LogP contribution < -0.4 is 5.32 Å². The Kier molecular flexibility index (Phi) is 3.83. The Morgan fingerprint density at radius 2 is 1.85 bits per heavy atom. The minimum Gasteiger partial charge on any atom is -0.307 e. The van der Waals surface area contributed by atoms with Crippen LogP contribution in [0.2, 0.25) is 0 Å². The fourth-order valence-electron chi connectivity index (χ4n) is 3.09. The van der Waals surface area contributed by atoms with E-state index < -0.39 is 0 Å². The van der Waals surface area contributed by atoms with Crippen LogP contribution in [-0.2, 0) is 12.8 Å². The molecule has 0 heterocycles. The fourth-order valence-corrected chi connectivity index (χ4v) is 3.09. The number of fused-ring (bicyclic) bond motifs is 1. The molecule has 1 nitrogen and oxygen atoms in total. The van der Waals surface area contributed by atoms with E-state index >= 15 is 0 Å². The lowest BCUT2D eigenvalue weighted by Gasteiger charge is -2.20. The van der Waals surface area contributed by atoms with Crippen LogP contribution in [-0.4, -0.2) is 6.54 Å². The normalized spacial score (nSPS) is 15.1. The van der Waals surface area contributed by atoms with Gasteiger partial charge in [0.15, 0.2) is 0 Å². The number of benzene rings is 2. The van der Waals surface area contributed by atoms with Crippen molar-refractivity contribution in [2.45, 2.75) is 32.2 Å². The first-order chi connectivity index (χ1) is 9.78. The summed E-state index contributed by atoms with van der Waals surface area (Å²) >= 11 is 0. The molecule has 2 heteroatoms. The molecule has 0 bridgehead atoms. The van der Waals surface area contributed by atoms with E-state index in [9.17, 15) is 4.39 Å². The van der Waals surface area contributed by atoms with Crippen molar-refractivity contribution in [1.29, 1.82) is 0 Å². The van der Waals surface area contributed by atoms with Gasteiger partial charge in [0.1, 0.15) is 5.82 Å². The summed E-state index contributed by atoms with van der Waals surface area (Å²) in [5.41, 5.74) is 5.16. The minimum absolute atomic E-state index is 0.0709.